The van der Waals surface area contributed by atoms with Gasteiger partial charge in [0, 0.05) is 0 Å². The van der Waals surface area contributed by atoms with Gasteiger partial charge in [-0.15, -0.1) is 0 Å². The molecule has 0 aromatic carbocycles. The molecule has 2 aliphatic rings. The number of ether oxygens (including phenoxy) is 1. The summed E-state index contributed by atoms with van der Waals surface area (Å²) in [5, 5.41) is 0. The Labute approximate surface area is 80.5 Å². The Morgan fingerprint density at radius 2 is 1.15 bits per heavy atom. The predicted molar refractivity (Wildman–Crippen MR) is 54.6 cm³/mol. The van der Waals surface area contributed by atoms with Crippen LogP contribution in [0.5, 0.6) is 0 Å². The van der Waals surface area contributed by atoms with Gasteiger partial charge in [-0.3, -0.25) is 0 Å². The highest BCUT2D eigenvalue weighted by Gasteiger charge is 2.36. The van der Waals surface area contributed by atoms with E-state index in [2.05, 4.69) is 24.3 Å². The van der Waals surface area contributed by atoms with Crippen LogP contribution in [0.1, 0.15) is 38.5 Å². The molecule has 1 aliphatic heterocycles. The maximum Gasteiger partial charge on any atom is 0.0845 e. The third-order valence-corrected chi connectivity index (χ3v) is 2.76. The molecule has 0 saturated carbocycles. The van der Waals surface area contributed by atoms with Crippen LogP contribution in [0.15, 0.2) is 24.3 Å². The van der Waals surface area contributed by atoms with Crippen molar-refractivity contribution in [2.75, 3.05) is 0 Å². The lowest BCUT2D eigenvalue weighted by Gasteiger charge is -1.94. The maximum atomic E-state index is 5.56. The van der Waals surface area contributed by atoms with Crippen molar-refractivity contribution >= 4 is 0 Å². The molecule has 1 nitrogen and oxygen atoms in total. The molecule has 0 amide bonds. The zero-order valence-electron chi connectivity index (χ0n) is 8.11. The van der Waals surface area contributed by atoms with Gasteiger partial charge in [0.2, 0.25) is 0 Å². The third kappa shape index (κ3) is 3.00. The van der Waals surface area contributed by atoms with Crippen molar-refractivity contribution in [2.45, 2.75) is 50.7 Å². The highest BCUT2D eigenvalue weighted by molar-refractivity contribution is 4.94. The van der Waals surface area contributed by atoms with Crippen LogP contribution in [0, 0.1) is 0 Å². The van der Waals surface area contributed by atoms with Gasteiger partial charge < -0.3 is 4.74 Å². The molecule has 2 rings (SSSR count). The first-order chi connectivity index (χ1) is 6.47. The zero-order valence-corrected chi connectivity index (χ0v) is 8.11. The third-order valence-electron chi connectivity index (χ3n) is 2.76. The number of fused-ring (bicyclic) bond motifs is 1. The Bertz CT molecular complexity index is 183. The summed E-state index contributed by atoms with van der Waals surface area (Å²) in [5.41, 5.74) is 0. The predicted octanol–water partition coefficient (Wildman–Crippen LogP) is 3.22. The van der Waals surface area contributed by atoms with Gasteiger partial charge in [0.15, 0.2) is 0 Å². The first-order valence-corrected chi connectivity index (χ1v) is 5.42. The van der Waals surface area contributed by atoms with E-state index in [0.717, 1.165) is 0 Å². The molecule has 2 atom stereocenters. The topological polar surface area (TPSA) is 12.5 Å². The average molecular weight is 178 g/mol. The molecule has 0 N–H and O–H groups in total. The fourth-order valence-electron chi connectivity index (χ4n) is 1.87. The summed E-state index contributed by atoms with van der Waals surface area (Å²) < 4.78 is 5.56. The minimum Gasteiger partial charge on any atom is -0.370 e. The second kappa shape index (κ2) is 4.61. The first-order valence-electron chi connectivity index (χ1n) is 5.42. The summed E-state index contributed by atoms with van der Waals surface area (Å²) in [6.07, 6.45) is 17.6. The summed E-state index contributed by atoms with van der Waals surface area (Å²) in [7, 11) is 0. The number of epoxide rings is 1. The van der Waals surface area contributed by atoms with Crippen molar-refractivity contribution in [3.8, 4) is 0 Å². The lowest BCUT2D eigenvalue weighted by molar-refractivity contribution is 0.357. The van der Waals surface area contributed by atoms with E-state index < -0.39 is 0 Å². The number of hydrogen-bond donors (Lipinski definition) is 0. The van der Waals surface area contributed by atoms with Gasteiger partial charge in [0.05, 0.1) is 12.2 Å². The molecule has 0 bridgehead atoms. The fourth-order valence-corrected chi connectivity index (χ4v) is 1.87. The standard InChI is InChI=1S/C12H18O/c1-2-4-6-8-10-12-11(13-12)9-7-5-3-1/h3-6,11-12H,1-2,7-10H2/b5-3+,6-4?. The van der Waals surface area contributed by atoms with Gasteiger partial charge in [0.25, 0.3) is 0 Å². The molecule has 0 spiro atoms. The molecule has 1 fully saturated rings. The zero-order chi connectivity index (χ0) is 8.93. The molecule has 0 radical (unpaired) electrons. The van der Waals surface area contributed by atoms with Crippen molar-refractivity contribution in [3.63, 3.8) is 0 Å². The van der Waals surface area contributed by atoms with E-state index in [1.54, 1.807) is 0 Å². The molecule has 1 heteroatoms. The van der Waals surface area contributed by atoms with Gasteiger partial charge in [-0.1, -0.05) is 24.3 Å². The Morgan fingerprint density at radius 3 is 1.69 bits per heavy atom. The molecule has 0 aromatic heterocycles. The molecular formula is C12H18O. The first kappa shape index (κ1) is 9.01. The van der Waals surface area contributed by atoms with Gasteiger partial charge in [-0.25, -0.2) is 0 Å². The van der Waals surface area contributed by atoms with E-state index in [4.69, 9.17) is 4.74 Å². The lowest BCUT2D eigenvalue weighted by atomic mass is 10.1. The van der Waals surface area contributed by atoms with Crippen LogP contribution in [0.4, 0.5) is 0 Å². The summed E-state index contributed by atoms with van der Waals surface area (Å²) in [4.78, 5) is 0. The van der Waals surface area contributed by atoms with Crippen molar-refractivity contribution in [1.82, 2.24) is 0 Å². The van der Waals surface area contributed by atoms with Crippen molar-refractivity contribution < 1.29 is 4.74 Å². The van der Waals surface area contributed by atoms with Crippen LogP contribution in [-0.2, 0) is 4.74 Å². The van der Waals surface area contributed by atoms with Crippen LogP contribution in [0.2, 0.25) is 0 Å². The minimum atomic E-state index is 0.581. The smallest absolute Gasteiger partial charge is 0.0845 e. The molecule has 2 unspecified atom stereocenters. The summed E-state index contributed by atoms with van der Waals surface area (Å²) in [6.45, 7) is 0. The summed E-state index contributed by atoms with van der Waals surface area (Å²) in [6, 6.07) is 0. The van der Waals surface area contributed by atoms with Gasteiger partial charge in [-0.05, 0) is 38.5 Å². The van der Waals surface area contributed by atoms with Crippen LogP contribution < -0.4 is 0 Å². The average Bonchev–Trinajstić information content (AvgIpc) is 2.83. The van der Waals surface area contributed by atoms with Crippen molar-refractivity contribution in [3.05, 3.63) is 24.3 Å². The van der Waals surface area contributed by atoms with E-state index in [-0.39, 0.29) is 0 Å². The van der Waals surface area contributed by atoms with Gasteiger partial charge in [-0.2, -0.15) is 0 Å². The van der Waals surface area contributed by atoms with Crippen molar-refractivity contribution in [1.29, 1.82) is 0 Å². The highest BCUT2D eigenvalue weighted by Crippen LogP contribution is 2.30. The van der Waals surface area contributed by atoms with E-state index in [0.29, 0.717) is 12.2 Å². The largest absolute Gasteiger partial charge is 0.370 e. The summed E-state index contributed by atoms with van der Waals surface area (Å²) >= 11 is 0. The monoisotopic (exact) mass is 178 g/mol. The molecule has 1 aliphatic carbocycles. The number of hydrogen-bond acceptors (Lipinski definition) is 1. The van der Waals surface area contributed by atoms with Crippen LogP contribution in [0.25, 0.3) is 0 Å². The van der Waals surface area contributed by atoms with E-state index in [1.165, 1.54) is 38.5 Å². The Balaban J connectivity index is 1.80. The molecular weight excluding hydrogens is 160 g/mol. The highest BCUT2D eigenvalue weighted by atomic mass is 16.6. The van der Waals surface area contributed by atoms with Crippen LogP contribution in [-0.4, -0.2) is 12.2 Å². The Kier molecular flexibility index (Phi) is 3.20. The van der Waals surface area contributed by atoms with E-state index >= 15 is 0 Å². The SMILES string of the molecule is C1=CCCC2OC2CC/C=C/CC1. The Morgan fingerprint density at radius 1 is 0.692 bits per heavy atom. The second-order valence-corrected chi connectivity index (χ2v) is 3.89. The minimum absolute atomic E-state index is 0.581. The molecule has 13 heavy (non-hydrogen) atoms. The molecule has 1 heterocycles. The molecule has 1 saturated heterocycles. The van der Waals surface area contributed by atoms with Crippen LogP contribution in [0.3, 0.4) is 0 Å². The van der Waals surface area contributed by atoms with E-state index in [9.17, 15) is 0 Å². The lowest BCUT2D eigenvalue weighted by Crippen LogP contribution is -1.93. The van der Waals surface area contributed by atoms with E-state index in [1.807, 2.05) is 0 Å². The number of allylic oxidation sites excluding steroid dienone is 4. The quantitative estimate of drug-likeness (QED) is 0.410. The maximum absolute atomic E-state index is 5.56. The second-order valence-electron chi connectivity index (χ2n) is 3.89. The molecule has 72 valence electrons. The fraction of sp³-hybridized carbons (Fsp3) is 0.667. The van der Waals surface area contributed by atoms with Crippen LogP contribution >= 0.6 is 0 Å². The Hall–Kier alpha value is -0.560. The summed E-state index contributed by atoms with van der Waals surface area (Å²) in [5.74, 6) is 0. The molecule has 0 aromatic rings. The van der Waals surface area contributed by atoms with Gasteiger partial charge in [0.1, 0.15) is 0 Å². The van der Waals surface area contributed by atoms with Crippen molar-refractivity contribution in [2.24, 2.45) is 0 Å². The van der Waals surface area contributed by atoms with Gasteiger partial charge >= 0.3 is 0 Å². The normalized spacial score (nSPS) is 36.9. The number of rotatable bonds is 0.